The highest BCUT2D eigenvalue weighted by molar-refractivity contribution is 7.22. The number of fused-ring (bicyclic) bond motifs is 2. The zero-order valence-corrected chi connectivity index (χ0v) is 36.1. The maximum atomic E-state index is 13.0. The lowest BCUT2D eigenvalue weighted by atomic mass is 9.39. The minimum atomic E-state index is -1.09. The molecule has 4 bridgehead atoms. The molecule has 4 aliphatic carbocycles. The first-order chi connectivity index (χ1) is 29.3. The molecular weight excluding hydrogens is 787 g/mol. The van der Waals surface area contributed by atoms with E-state index in [1.54, 1.807) is 23.5 Å². The maximum absolute atomic E-state index is 13.0. The lowest BCUT2D eigenvalue weighted by Gasteiger charge is -2.69. The minimum Gasteiger partial charge on any atom is -0.508 e. The molecule has 2 atom stereocenters. The molecule has 11 rings (SSSR count). The quantitative estimate of drug-likeness (QED) is 0.0818. The molecule has 14 heteroatoms. The van der Waals surface area contributed by atoms with Gasteiger partial charge in [-0.2, -0.15) is 5.10 Å². The monoisotopic (exact) mass is 839 g/mol. The summed E-state index contributed by atoms with van der Waals surface area (Å²) in [5, 5.41) is 42.1. The van der Waals surface area contributed by atoms with Gasteiger partial charge in [0.25, 0.3) is 0 Å². The van der Waals surface area contributed by atoms with Crippen LogP contribution in [0.5, 0.6) is 5.75 Å². The number of hydrogen-bond acceptors (Lipinski definition) is 12. The van der Waals surface area contributed by atoms with E-state index < -0.39 is 5.97 Å². The van der Waals surface area contributed by atoms with Crippen molar-refractivity contribution >= 4 is 50.1 Å². The molecule has 1 aliphatic heterocycles. The summed E-state index contributed by atoms with van der Waals surface area (Å²) in [5.74, 6) is 1.08. The number of rotatable bonds is 13. The molecule has 6 aromatic rings. The van der Waals surface area contributed by atoms with Crippen molar-refractivity contribution in [3.63, 3.8) is 0 Å². The van der Waals surface area contributed by atoms with Crippen molar-refractivity contribution in [1.82, 2.24) is 35.3 Å². The highest BCUT2D eigenvalue weighted by Crippen LogP contribution is 2.72. The third-order valence-electron chi connectivity index (χ3n) is 13.7. The Labute approximate surface area is 359 Å². The van der Waals surface area contributed by atoms with Crippen molar-refractivity contribution in [3.8, 4) is 16.9 Å². The number of hydrogen-bond donors (Lipinski definition) is 4. The Bertz CT molecular complexity index is 2610. The van der Waals surface area contributed by atoms with Crippen LogP contribution in [0.4, 0.5) is 22.6 Å². The van der Waals surface area contributed by atoms with Crippen LogP contribution in [0.3, 0.4) is 0 Å². The van der Waals surface area contributed by atoms with Crippen molar-refractivity contribution in [2.75, 3.05) is 29.9 Å². The average molecular weight is 840 g/mol. The molecule has 4 fully saturated rings. The Hall–Kier alpha value is -5.44. The Morgan fingerprint density at radius 3 is 2.48 bits per heavy atom. The van der Waals surface area contributed by atoms with Gasteiger partial charge in [0.1, 0.15) is 11.6 Å². The van der Waals surface area contributed by atoms with Crippen LogP contribution in [0.2, 0.25) is 0 Å². The number of carbonyl (C=O) groups is 1. The summed E-state index contributed by atoms with van der Waals surface area (Å²) in [6.45, 7) is 12.6. The summed E-state index contributed by atoms with van der Waals surface area (Å²) in [7, 11) is 0. The van der Waals surface area contributed by atoms with Gasteiger partial charge in [-0.15, -0.1) is 10.2 Å². The number of aromatic carboxylic acids is 1. The second-order valence-electron chi connectivity index (χ2n) is 19.1. The van der Waals surface area contributed by atoms with E-state index in [-0.39, 0.29) is 33.3 Å². The number of aromatic hydroxyl groups is 1. The molecule has 5 heterocycles. The highest BCUT2D eigenvalue weighted by Gasteiger charge is 2.66. The number of carboxylic acid groups (broad SMARTS) is 1. The lowest BCUT2D eigenvalue weighted by molar-refractivity contribution is -0.247. The number of carboxylic acids is 1. The lowest BCUT2D eigenvalue weighted by Crippen LogP contribution is -2.64. The molecule has 0 saturated heterocycles. The van der Waals surface area contributed by atoms with Crippen LogP contribution >= 0.6 is 11.3 Å². The van der Waals surface area contributed by atoms with E-state index in [1.165, 1.54) is 6.42 Å². The van der Waals surface area contributed by atoms with Gasteiger partial charge in [-0.05, 0) is 123 Å². The molecule has 4 N–H and O–H groups in total. The van der Waals surface area contributed by atoms with Crippen molar-refractivity contribution in [2.45, 2.75) is 97.8 Å². The number of phenolic OH excluding ortho intramolecular Hbond substituents is 1. The number of ether oxygens (including phenoxy) is 1. The van der Waals surface area contributed by atoms with Crippen LogP contribution in [0, 0.1) is 30.1 Å². The number of aromatic nitrogens is 6. The van der Waals surface area contributed by atoms with E-state index in [4.69, 9.17) is 19.8 Å². The van der Waals surface area contributed by atoms with Crippen LogP contribution in [0.15, 0.2) is 66.9 Å². The van der Waals surface area contributed by atoms with E-state index in [2.05, 4.69) is 52.4 Å². The molecule has 2 aromatic carbocycles. The number of benzene rings is 2. The summed E-state index contributed by atoms with van der Waals surface area (Å²) in [6, 6.07) is 19.1. The molecule has 0 spiro atoms. The largest absolute Gasteiger partial charge is 0.508 e. The van der Waals surface area contributed by atoms with Gasteiger partial charge in [0.2, 0.25) is 0 Å². The maximum Gasteiger partial charge on any atom is 0.355 e. The Balaban J connectivity index is 0.871. The topological polar surface area (TPSA) is 163 Å². The minimum absolute atomic E-state index is 0.00715. The fraction of sp³-hybridized carbons (Fsp3) is 0.447. The van der Waals surface area contributed by atoms with Gasteiger partial charge in [-0.3, -0.25) is 4.68 Å². The van der Waals surface area contributed by atoms with Gasteiger partial charge in [-0.1, -0.05) is 49.4 Å². The molecule has 61 heavy (non-hydrogen) atoms. The molecular formula is C47H53N9O4S. The SMILES string of the molecule is Cc1c(Nc2nc3ccccc3s2)nnc2c1CCCN2c1ccc(-c2cnn(CC34CC5(C)CC(C)(C3)CC(OCCNCc3ccc(O)cc3)(C5)C4)c2C)c(C(=O)O)n1. The number of thiazole rings is 1. The molecule has 4 saturated carbocycles. The third kappa shape index (κ3) is 7.42. The number of pyridine rings is 1. The Kier molecular flexibility index (Phi) is 9.68. The van der Waals surface area contributed by atoms with Gasteiger partial charge >= 0.3 is 5.97 Å². The van der Waals surface area contributed by atoms with E-state index in [9.17, 15) is 15.0 Å². The highest BCUT2D eigenvalue weighted by atomic mass is 32.1. The number of para-hydroxylation sites is 1. The van der Waals surface area contributed by atoms with Crippen LogP contribution in [0.25, 0.3) is 21.3 Å². The van der Waals surface area contributed by atoms with Gasteiger partial charge in [-0.25, -0.2) is 14.8 Å². The Morgan fingerprint density at radius 1 is 0.918 bits per heavy atom. The summed E-state index contributed by atoms with van der Waals surface area (Å²) in [4.78, 5) is 24.5. The van der Waals surface area contributed by atoms with E-state index >= 15 is 0 Å². The zero-order valence-electron chi connectivity index (χ0n) is 35.3. The number of nitrogens with one attached hydrogen (secondary N) is 2. The molecule has 0 amide bonds. The molecule has 2 unspecified atom stereocenters. The zero-order chi connectivity index (χ0) is 42.1. The first-order valence-electron chi connectivity index (χ1n) is 21.5. The van der Waals surface area contributed by atoms with Gasteiger partial charge in [0, 0.05) is 54.1 Å². The summed E-state index contributed by atoms with van der Waals surface area (Å²) in [6.07, 6.45) is 10.1. The standard InChI is InChI=1S/C47H53N9O4S/c1-29-33-8-7-18-55(41(33)54-53-40(29)52-43-50-36-9-5-6-10-37(36)61-43)38-16-15-34(39(51-38)42(58)59)35-21-49-56(30(35)2)28-46-23-44(3)22-45(4,24-46)26-47(25-44,27-46)60-19-17-48-20-31-11-13-32(57)14-12-31/h5-6,9-16,21,48,57H,7-8,17-20,22-28H2,1-4H3,(H,58,59)(H,50,52,53). The van der Waals surface area contributed by atoms with Gasteiger partial charge < -0.3 is 30.5 Å². The van der Waals surface area contributed by atoms with Crippen LogP contribution in [-0.4, -0.2) is 71.4 Å². The first kappa shape index (κ1) is 39.7. The van der Waals surface area contributed by atoms with E-state index in [1.807, 2.05) is 60.5 Å². The van der Waals surface area contributed by atoms with E-state index in [0.29, 0.717) is 36.2 Å². The fourth-order valence-electron chi connectivity index (χ4n) is 12.5. The Morgan fingerprint density at radius 2 is 1.70 bits per heavy atom. The summed E-state index contributed by atoms with van der Waals surface area (Å²) in [5.41, 5.74) is 6.61. The van der Waals surface area contributed by atoms with E-state index in [0.717, 1.165) is 108 Å². The number of phenols is 1. The summed E-state index contributed by atoms with van der Waals surface area (Å²) < 4.78 is 10.2. The molecule has 316 valence electrons. The van der Waals surface area contributed by atoms with Gasteiger partial charge in [0.05, 0.1) is 28.6 Å². The predicted molar refractivity (Wildman–Crippen MR) is 237 cm³/mol. The molecule has 13 nitrogen and oxygen atoms in total. The smallest absolute Gasteiger partial charge is 0.355 e. The predicted octanol–water partition coefficient (Wildman–Crippen LogP) is 9.12. The van der Waals surface area contributed by atoms with Crippen molar-refractivity contribution < 1.29 is 19.7 Å². The fourth-order valence-corrected chi connectivity index (χ4v) is 13.3. The van der Waals surface area contributed by atoms with Crippen molar-refractivity contribution in [1.29, 1.82) is 0 Å². The molecule has 0 radical (unpaired) electrons. The van der Waals surface area contributed by atoms with Crippen molar-refractivity contribution in [3.05, 3.63) is 94.9 Å². The van der Waals surface area contributed by atoms with Crippen LogP contribution in [0.1, 0.15) is 91.7 Å². The third-order valence-corrected chi connectivity index (χ3v) is 14.7. The molecule has 5 aliphatic rings. The average Bonchev–Trinajstić information content (AvgIpc) is 3.79. The number of anilines is 4. The first-order valence-corrected chi connectivity index (χ1v) is 22.3. The summed E-state index contributed by atoms with van der Waals surface area (Å²) >= 11 is 1.57. The normalized spacial score (nSPS) is 25.3. The second kappa shape index (κ2) is 14.9. The second-order valence-corrected chi connectivity index (χ2v) is 20.1. The molecule has 4 aromatic heterocycles. The van der Waals surface area contributed by atoms with Crippen LogP contribution in [-0.2, 0) is 24.2 Å². The van der Waals surface area contributed by atoms with Gasteiger partial charge in [0.15, 0.2) is 22.5 Å². The van der Waals surface area contributed by atoms with Crippen LogP contribution < -0.4 is 15.5 Å². The number of nitrogens with zero attached hydrogens (tertiary/aromatic N) is 7. The van der Waals surface area contributed by atoms with Crippen molar-refractivity contribution in [2.24, 2.45) is 16.2 Å².